The Morgan fingerprint density at radius 1 is 1.21 bits per heavy atom. The Bertz CT molecular complexity index is 201. The van der Waals surface area contributed by atoms with E-state index >= 15 is 0 Å². The molecule has 82 valence electrons. The zero-order valence-electron chi connectivity index (χ0n) is 8.43. The van der Waals surface area contributed by atoms with E-state index in [1.54, 1.807) is 0 Å². The van der Waals surface area contributed by atoms with Crippen LogP contribution in [0.4, 0.5) is 0 Å². The molecule has 0 saturated carbocycles. The highest BCUT2D eigenvalue weighted by Crippen LogP contribution is 2.20. The van der Waals surface area contributed by atoms with Crippen molar-refractivity contribution in [3.05, 3.63) is 0 Å². The molecule has 0 amide bonds. The molecule has 1 atom stereocenters. The Kier molecular flexibility index (Phi) is 5.15. The van der Waals surface area contributed by atoms with Gasteiger partial charge in [-0.15, -0.1) is 0 Å². The molecular weight excluding hydrogens is 186 g/mol. The molecule has 0 heterocycles. The maximum Gasteiger partial charge on any atom is 0.318 e. The molecule has 5 heteroatoms. The first-order valence-corrected chi connectivity index (χ1v) is 4.55. The lowest BCUT2D eigenvalue weighted by Gasteiger charge is -2.20. The lowest BCUT2D eigenvalue weighted by molar-refractivity contribution is -0.157. The molecular formula is C9H17NO4. The van der Waals surface area contributed by atoms with Gasteiger partial charge in [-0.05, 0) is 24.8 Å². The molecule has 0 aliphatic heterocycles. The third-order valence-corrected chi connectivity index (χ3v) is 2.08. The predicted molar refractivity (Wildman–Crippen MR) is 50.8 cm³/mol. The zero-order chi connectivity index (χ0) is 11.3. The molecule has 14 heavy (non-hydrogen) atoms. The molecule has 0 aromatic rings. The summed E-state index contributed by atoms with van der Waals surface area (Å²) >= 11 is 0. The third-order valence-electron chi connectivity index (χ3n) is 2.08. The van der Waals surface area contributed by atoms with Crippen LogP contribution in [0.3, 0.4) is 0 Å². The van der Waals surface area contributed by atoms with E-state index < -0.39 is 23.8 Å². The van der Waals surface area contributed by atoms with Gasteiger partial charge >= 0.3 is 11.9 Å². The maximum absolute atomic E-state index is 10.7. The predicted octanol–water partition coefficient (Wildman–Crippen LogP) is 0.393. The Morgan fingerprint density at radius 3 is 1.86 bits per heavy atom. The van der Waals surface area contributed by atoms with Gasteiger partial charge in [0.2, 0.25) is 0 Å². The zero-order valence-corrected chi connectivity index (χ0v) is 8.43. The van der Waals surface area contributed by atoms with E-state index in [-0.39, 0.29) is 12.5 Å². The number of aliphatic carboxylic acids is 2. The normalized spacial score (nSPS) is 13.2. The second-order valence-electron chi connectivity index (χ2n) is 3.78. The number of carboxylic acids is 2. The second kappa shape index (κ2) is 5.59. The van der Waals surface area contributed by atoms with Gasteiger partial charge in [0.15, 0.2) is 5.92 Å². The monoisotopic (exact) mass is 203 g/mol. The van der Waals surface area contributed by atoms with Gasteiger partial charge in [-0.3, -0.25) is 9.59 Å². The van der Waals surface area contributed by atoms with Crippen molar-refractivity contribution in [2.45, 2.75) is 20.3 Å². The first-order valence-electron chi connectivity index (χ1n) is 4.55. The molecule has 0 rings (SSSR count). The number of carboxylic acid groups (broad SMARTS) is 2. The number of nitrogens with two attached hydrogens (primary N) is 1. The summed E-state index contributed by atoms with van der Waals surface area (Å²) in [5.74, 6) is -4.26. The van der Waals surface area contributed by atoms with Gasteiger partial charge in [0.25, 0.3) is 0 Å². The molecule has 0 saturated heterocycles. The van der Waals surface area contributed by atoms with Crippen LogP contribution >= 0.6 is 0 Å². The smallest absolute Gasteiger partial charge is 0.318 e. The van der Waals surface area contributed by atoms with Gasteiger partial charge in [0.1, 0.15) is 0 Å². The Morgan fingerprint density at radius 2 is 1.64 bits per heavy atom. The van der Waals surface area contributed by atoms with Crippen molar-refractivity contribution in [3.63, 3.8) is 0 Å². The molecule has 0 aliphatic carbocycles. The molecule has 0 fully saturated rings. The highest BCUT2D eigenvalue weighted by Gasteiger charge is 2.34. The molecule has 0 aromatic carbocycles. The molecule has 0 unspecified atom stereocenters. The van der Waals surface area contributed by atoms with Crippen molar-refractivity contribution >= 4 is 11.9 Å². The lowest BCUT2D eigenvalue weighted by atomic mass is 9.85. The van der Waals surface area contributed by atoms with Crippen LogP contribution in [0.25, 0.3) is 0 Å². The van der Waals surface area contributed by atoms with Crippen LogP contribution in [0.15, 0.2) is 0 Å². The summed E-state index contributed by atoms with van der Waals surface area (Å²) in [7, 11) is 0. The third kappa shape index (κ3) is 3.74. The van der Waals surface area contributed by atoms with Crippen molar-refractivity contribution in [3.8, 4) is 0 Å². The van der Waals surface area contributed by atoms with Crippen LogP contribution in [0.1, 0.15) is 20.3 Å². The van der Waals surface area contributed by atoms with Crippen molar-refractivity contribution in [1.29, 1.82) is 0 Å². The summed E-state index contributed by atoms with van der Waals surface area (Å²) in [6, 6.07) is 0. The van der Waals surface area contributed by atoms with Crippen LogP contribution in [0.5, 0.6) is 0 Å². The van der Waals surface area contributed by atoms with Crippen LogP contribution in [0.2, 0.25) is 0 Å². The quantitative estimate of drug-likeness (QED) is 0.542. The van der Waals surface area contributed by atoms with E-state index in [4.69, 9.17) is 15.9 Å². The largest absolute Gasteiger partial charge is 0.481 e. The van der Waals surface area contributed by atoms with Crippen LogP contribution in [-0.2, 0) is 9.59 Å². The van der Waals surface area contributed by atoms with E-state index in [1.165, 1.54) is 0 Å². The average molecular weight is 203 g/mol. The highest BCUT2D eigenvalue weighted by molar-refractivity contribution is 5.93. The van der Waals surface area contributed by atoms with Gasteiger partial charge in [-0.1, -0.05) is 13.8 Å². The van der Waals surface area contributed by atoms with Crippen LogP contribution in [0, 0.1) is 17.8 Å². The second-order valence-corrected chi connectivity index (χ2v) is 3.78. The van der Waals surface area contributed by atoms with E-state index in [9.17, 15) is 9.59 Å². The fourth-order valence-corrected chi connectivity index (χ4v) is 1.48. The minimum atomic E-state index is -1.39. The summed E-state index contributed by atoms with van der Waals surface area (Å²) in [6.07, 6.45) is 0.514. The Hall–Kier alpha value is -1.10. The summed E-state index contributed by atoms with van der Waals surface area (Å²) in [4.78, 5) is 21.4. The molecule has 0 spiro atoms. The molecule has 0 aromatic heterocycles. The van der Waals surface area contributed by atoms with Crippen molar-refractivity contribution in [2.24, 2.45) is 23.5 Å². The van der Waals surface area contributed by atoms with Gasteiger partial charge in [-0.2, -0.15) is 0 Å². The van der Waals surface area contributed by atoms with Gasteiger partial charge < -0.3 is 15.9 Å². The summed E-state index contributed by atoms with van der Waals surface area (Å²) < 4.78 is 0. The molecule has 4 N–H and O–H groups in total. The van der Waals surface area contributed by atoms with Crippen LogP contribution < -0.4 is 5.73 Å². The van der Waals surface area contributed by atoms with Crippen molar-refractivity contribution in [2.75, 3.05) is 6.54 Å². The molecule has 0 bridgehead atoms. The standard InChI is InChI=1S/C9H17NO4/c1-5(2)3-6(4-10)7(8(11)12)9(13)14/h5-7H,3-4,10H2,1-2H3,(H,11,12)(H,13,14)/t6-/m1/s1. The van der Waals surface area contributed by atoms with Crippen molar-refractivity contribution in [1.82, 2.24) is 0 Å². The van der Waals surface area contributed by atoms with E-state index in [0.717, 1.165) is 0 Å². The number of hydrogen-bond donors (Lipinski definition) is 3. The summed E-state index contributed by atoms with van der Waals surface area (Å²) in [6.45, 7) is 3.90. The summed E-state index contributed by atoms with van der Waals surface area (Å²) in [5, 5.41) is 17.4. The fraction of sp³-hybridized carbons (Fsp3) is 0.778. The SMILES string of the molecule is CC(C)C[C@H](CN)C(C(=O)O)C(=O)O. The van der Waals surface area contributed by atoms with Crippen LogP contribution in [-0.4, -0.2) is 28.7 Å². The number of rotatable bonds is 6. The Balaban J connectivity index is 4.59. The van der Waals surface area contributed by atoms with Gasteiger partial charge in [-0.25, -0.2) is 0 Å². The minimum absolute atomic E-state index is 0.0848. The Labute approximate surface area is 82.9 Å². The topological polar surface area (TPSA) is 101 Å². The fourth-order valence-electron chi connectivity index (χ4n) is 1.48. The number of carbonyl (C=O) groups is 2. The first-order chi connectivity index (χ1) is 6.40. The number of hydrogen-bond acceptors (Lipinski definition) is 3. The van der Waals surface area contributed by atoms with Gasteiger partial charge in [0.05, 0.1) is 0 Å². The minimum Gasteiger partial charge on any atom is -0.481 e. The first kappa shape index (κ1) is 12.9. The van der Waals surface area contributed by atoms with Gasteiger partial charge in [0, 0.05) is 0 Å². The van der Waals surface area contributed by atoms with E-state index in [0.29, 0.717) is 6.42 Å². The average Bonchev–Trinajstić information content (AvgIpc) is 2.00. The van der Waals surface area contributed by atoms with Crippen molar-refractivity contribution < 1.29 is 19.8 Å². The molecule has 0 aliphatic rings. The maximum atomic E-state index is 10.7. The molecule has 0 radical (unpaired) electrons. The van der Waals surface area contributed by atoms with E-state index in [2.05, 4.69) is 0 Å². The molecule has 5 nitrogen and oxygen atoms in total. The summed E-state index contributed by atoms with van der Waals surface area (Å²) in [5.41, 5.74) is 5.37. The lowest BCUT2D eigenvalue weighted by Crippen LogP contribution is -2.36. The highest BCUT2D eigenvalue weighted by atomic mass is 16.4. The van der Waals surface area contributed by atoms with E-state index in [1.807, 2.05) is 13.8 Å².